The fourth-order valence-electron chi connectivity index (χ4n) is 0.554. The van der Waals surface area contributed by atoms with Crippen LogP contribution in [0.2, 0.25) is 0 Å². The molecule has 0 aromatic carbocycles. The number of ether oxygens (including phenoxy) is 1. The van der Waals surface area contributed by atoms with Crippen LogP contribution < -0.4 is 5.43 Å². The number of rotatable bonds is 0. The van der Waals surface area contributed by atoms with Crippen molar-refractivity contribution in [2.75, 3.05) is 7.05 Å². The van der Waals surface area contributed by atoms with Gasteiger partial charge in [0.1, 0.15) is 6.26 Å². The lowest BCUT2D eigenvalue weighted by atomic mass is 10.6. The van der Waals surface area contributed by atoms with Crippen LogP contribution in [0.3, 0.4) is 0 Å². The van der Waals surface area contributed by atoms with Gasteiger partial charge in [-0.3, -0.25) is 5.43 Å². The average molecular weight is 128 g/mol. The first kappa shape index (κ1) is 5.94. The number of amides is 1. The lowest BCUT2D eigenvalue weighted by molar-refractivity contribution is 0.119. The van der Waals surface area contributed by atoms with Gasteiger partial charge >= 0.3 is 6.09 Å². The van der Waals surface area contributed by atoms with E-state index >= 15 is 0 Å². The van der Waals surface area contributed by atoms with E-state index in [0.717, 1.165) is 5.70 Å². The fraction of sp³-hybridized carbons (Fsp3) is 0.400. The summed E-state index contributed by atoms with van der Waals surface area (Å²) in [6, 6.07) is 0. The van der Waals surface area contributed by atoms with Gasteiger partial charge in [-0.1, -0.05) is 0 Å². The summed E-state index contributed by atoms with van der Waals surface area (Å²) in [4.78, 5) is 10.5. The van der Waals surface area contributed by atoms with Crippen molar-refractivity contribution >= 4 is 6.09 Å². The Morgan fingerprint density at radius 3 is 2.89 bits per heavy atom. The molecule has 1 amide bonds. The Morgan fingerprint density at radius 2 is 2.44 bits per heavy atom. The van der Waals surface area contributed by atoms with Gasteiger partial charge in [0.15, 0.2) is 0 Å². The molecule has 0 bridgehead atoms. The smallest absolute Gasteiger partial charge is 0.415 e. The molecule has 1 heterocycles. The van der Waals surface area contributed by atoms with Crippen molar-refractivity contribution in [3.05, 3.63) is 12.0 Å². The maximum absolute atomic E-state index is 10.5. The Labute approximate surface area is 53.1 Å². The summed E-state index contributed by atoms with van der Waals surface area (Å²) in [6.07, 6.45) is 0.989. The van der Waals surface area contributed by atoms with E-state index in [2.05, 4.69) is 10.2 Å². The van der Waals surface area contributed by atoms with E-state index in [1.165, 1.54) is 11.3 Å². The van der Waals surface area contributed by atoms with E-state index in [1.807, 2.05) is 6.92 Å². The van der Waals surface area contributed by atoms with Crippen LogP contribution in [0.15, 0.2) is 12.0 Å². The number of hydrazine groups is 1. The van der Waals surface area contributed by atoms with Crippen molar-refractivity contribution in [3.63, 3.8) is 0 Å². The van der Waals surface area contributed by atoms with Gasteiger partial charge in [0.2, 0.25) is 0 Å². The van der Waals surface area contributed by atoms with Crippen LogP contribution in [-0.2, 0) is 4.74 Å². The van der Waals surface area contributed by atoms with Crippen molar-refractivity contribution in [1.82, 2.24) is 10.4 Å². The van der Waals surface area contributed by atoms with Crippen LogP contribution in [0.5, 0.6) is 0 Å². The van der Waals surface area contributed by atoms with Crippen LogP contribution in [0.25, 0.3) is 0 Å². The number of carbonyl (C=O) groups excluding carboxylic acids is 1. The van der Waals surface area contributed by atoms with Crippen molar-refractivity contribution in [1.29, 1.82) is 0 Å². The first-order valence-electron chi connectivity index (χ1n) is 2.58. The highest BCUT2D eigenvalue weighted by molar-refractivity contribution is 5.68. The maximum Gasteiger partial charge on any atom is 0.433 e. The van der Waals surface area contributed by atoms with E-state index in [0.29, 0.717) is 0 Å². The molecular formula is C5H8N2O2. The summed E-state index contributed by atoms with van der Waals surface area (Å²) < 4.78 is 4.56. The molecule has 0 atom stereocenters. The van der Waals surface area contributed by atoms with Gasteiger partial charge in [-0.2, -0.15) is 0 Å². The largest absolute Gasteiger partial charge is 0.433 e. The number of cyclic esters (lactones) is 1. The molecule has 1 N–H and O–H groups in total. The van der Waals surface area contributed by atoms with Crippen LogP contribution in [0, 0.1) is 0 Å². The number of hydrogen-bond acceptors (Lipinski definition) is 3. The monoisotopic (exact) mass is 128 g/mol. The fourth-order valence-corrected chi connectivity index (χ4v) is 0.554. The minimum atomic E-state index is -0.388. The van der Waals surface area contributed by atoms with Crippen LogP contribution in [0.1, 0.15) is 6.92 Å². The number of carbonyl (C=O) groups is 1. The minimum Gasteiger partial charge on any atom is -0.415 e. The van der Waals surface area contributed by atoms with Crippen molar-refractivity contribution in [2.45, 2.75) is 6.92 Å². The Balaban J connectivity index is 2.65. The van der Waals surface area contributed by atoms with Gasteiger partial charge in [0.25, 0.3) is 0 Å². The molecule has 0 unspecified atom stereocenters. The normalized spacial score (nSPS) is 18.2. The molecule has 1 rings (SSSR count). The summed E-state index contributed by atoms with van der Waals surface area (Å²) in [5.74, 6) is 0. The van der Waals surface area contributed by atoms with Crippen LogP contribution in [-0.4, -0.2) is 18.1 Å². The molecule has 4 heteroatoms. The summed E-state index contributed by atoms with van der Waals surface area (Å²) in [5.41, 5.74) is 3.57. The highest BCUT2D eigenvalue weighted by atomic mass is 16.6. The SMILES string of the molecule is CC1=COC(=O)N(C)N1. The van der Waals surface area contributed by atoms with Crippen LogP contribution in [0.4, 0.5) is 4.79 Å². The third-order valence-electron chi connectivity index (χ3n) is 0.954. The maximum atomic E-state index is 10.5. The molecule has 0 aliphatic carbocycles. The summed E-state index contributed by atoms with van der Waals surface area (Å²) >= 11 is 0. The molecule has 0 saturated heterocycles. The molecule has 9 heavy (non-hydrogen) atoms. The van der Waals surface area contributed by atoms with E-state index in [9.17, 15) is 4.79 Å². The van der Waals surface area contributed by atoms with Gasteiger partial charge < -0.3 is 4.74 Å². The van der Waals surface area contributed by atoms with E-state index in [1.54, 1.807) is 7.05 Å². The zero-order valence-electron chi connectivity index (χ0n) is 5.34. The highest BCUT2D eigenvalue weighted by Crippen LogP contribution is 1.99. The third-order valence-corrected chi connectivity index (χ3v) is 0.954. The Kier molecular flexibility index (Phi) is 1.30. The van der Waals surface area contributed by atoms with Gasteiger partial charge in [-0.25, -0.2) is 9.80 Å². The van der Waals surface area contributed by atoms with Crippen molar-refractivity contribution < 1.29 is 9.53 Å². The van der Waals surface area contributed by atoms with E-state index < -0.39 is 0 Å². The lowest BCUT2D eigenvalue weighted by Gasteiger charge is -2.22. The Morgan fingerprint density at radius 1 is 1.78 bits per heavy atom. The zero-order valence-corrected chi connectivity index (χ0v) is 5.34. The average Bonchev–Trinajstić information content (AvgIpc) is 1.80. The summed E-state index contributed by atoms with van der Waals surface area (Å²) in [6.45, 7) is 1.81. The molecule has 0 aromatic heterocycles. The summed E-state index contributed by atoms with van der Waals surface area (Å²) in [7, 11) is 1.60. The minimum absolute atomic E-state index is 0.388. The molecule has 0 aromatic rings. The lowest BCUT2D eigenvalue weighted by Crippen LogP contribution is -2.41. The second-order valence-electron chi connectivity index (χ2n) is 1.86. The molecule has 1 aliphatic rings. The second-order valence-corrected chi connectivity index (χ2v) is 1.86. The molecule has 0 saturated carbocycles. The molecule has 50 valence electrons. The molecule has 0 fully saturated rings. The quantitative estimate of drug-likeness (QED) is 0.514. The van der Waals surface area contributed by atoms with Gasteiger partial charge in [-0.15, -0.1) is 0 Å². The zero-order chi connectivity index (χ0) is 6.85. The number of nitrogens with one attached hydrogen (secondary N) is 1. The predicted molar refractivity (Wildman–Crippen MR) is 31.1 cm³/mol. The van der Waals surface area contributed by atoms with E-state index in [4.69, 9.17) is 0 Å². The predicted octanol–water partition coefficient (Wildman–Crippen LogP) is 0.434. The standard InChI is InChI=1S/C5H8N2O2/c1-4-3-9-5(8)7(2)6-4/h3,6H,1-2H3. The molecule has 0 spiro atoms. The van der Waals surface area contributed by atoms with Gasteiger partial charge in [0.05, 0.1) is 5.70 Å². The Hall–Kier alpha value is -1.19. The Bertz CT molecular complexity index is 164. The number of hydrogen-bond donors (Lipinski definition) is 1. The molecule has 0 radical (unpaired) electrons. The highest BCUT2D eigenvalue weighted by Gasteiger charge is 2.12. The first-order valence-corrected chi connectivity index (χ1v) is 2.58. The first-order chi connectivity index (χ1) is 4.20. The van der Waals surface area contributed by atoms with Gasteiger partial charge in [0, 0.05) is 7.05 Å². The van der Waals surface area contributed by atoms with Crippen molar-refractivity contribution in [3.8, 4) is 0 Å². The number of nitrogens with zero attached hydrogens (tertiary/aromatic N) is 1. The second kappa shape index (κ2) is 1.97. The van der Waals surface area contributed by atoms with Crippen molar-refractivity contribution in [2.24, 2.45) is 0 Å². The third kappa shape index (κ3) is 1.13. The van der Waals surface area contributed by atoms with E-state index in [-0.39, 0.29) is 6.09 Å². The van der Waals surface area contributed by atoms with Gasteiger partial charge in [-0.05, 0) is 6.92 Å². The molecule has 1 aliphatic heterocycles. The number of allylic oxidation sites excluding steroid dienone is 1. The summed E-state index contributed by atoms with van der Waals surface area (Å²) in [5, 5.41) is 1.27. The molecular weight excluding hydrogens is 120 g/mol. The van der Waals surface area contributed by atoms with Crippen LogP contribution >= 0.6 is 0 Å². The molecule has 4 nitrogen and oxygen atoms in total. The topological polar surface area (TPSA) is 41.6 Å².